The average Bonchev–Trinajstić information content (AvgIpc) is 3.49. The summed E-state index contributed by atoms with van der Waals surface area (Å²) < 4.78 is 30.5. The Kier molecular flexibility index (Phi) is 5.48. The number of sulfonamides is 1. The van der Waals surface area contributed by atoms with Crippen molar-refractivity contribution in [1.29, 1.82) is 0 Å². The lowest BCUT2D eigenvalue weighted by atomic mass is 10.1. The van der Waals surface area contributed by atoms with Crippen molar-refractivity contribution in [1.82, 2.24) is 23.7 Å². The molecule has 1 aromatic carbocycles. The van der Waals surface area contributed by atoms with Crippen LogP contribution in [0.15, 0.2) is 60.1 Å². The monoisotopic (exact) mass is 427 g/mol. The van der Waals surface area contributed by atoms with Gasteiger partial charge in [0.1, 0.15) is 10.6 Å². The third-order valence-corrected chi connectivity index (χ3v) is 7.32. The maximum Gasteiger partial charge on any atom is 0.268 e. The molecule has 30 heavy (non-hydrogen) atoms. The molecule has 1 fully saturated rings. The van der Waals surface area contributed by atoms with E-state index >= 15 is 0 Å². The Morgan fingerprint density at radius 2 is 1.87 bits per heavy atom. The van der Waals surface area contributed by atoms with Crippen molar-refractivity contribution in [2.45, 2.75) is 30.7 Å². The van der Waals surface area contributed by atoms with Crippen LogP contribution in [0, 0.1) is 0 Å². The van der Waals surface area contributed by atoms with Gasteiger partial charge in [0.25, 0.3) is 5.91 Å². The minimum absolute atomic E-state index is 0.161. The Morgan fingerprint density at radius 1 is 1.17 bits per heavy atom. The molecule has 0 radical (unpaired) electrons. The van der Waals surface area contributed by atoms with Crippen molar-refractivity contribution in [3.05, 3.63) is 66.5 Å². The van der Waals surface area contributed by atoms with E-state index in [9.17, 15) is 13.2 Å². The standard InChI is InChI=1S/C21H25N5O3S/c1-16(17-5-7-18(8-6-17)25-12-9-22-15-25)23-21(27)20-13-19(14-24(20)2)30(28,29)26-10-3-4-11-26/h5-9,12-16H,3-4,10-11H2,1-2H3,(H,23,27)/t16-/m0/s1. The van der Waals surface area contributed by atoms with Crippen LogP contribution in [0.4, 0.5) is 0 Å². The Morgan fingerprint density at radius 3 is 2.50 bits per heavy atom. The first-order valence-electron chi connectivity index (χ1n) is 9.92. The van der Waals surface area contributed by atoms with E-state index in [1.54, 1.807) is 24.1 Å². The molecule has 4 rings (SSSR count). The largest absolute Gasteiger partial charge is 0.345 e. The summed E-state index contributed by atoms with van der Waals surface area (Å²) in [5.41, 5.74) is 2.25. The average molecular weight is 428 g/mol. The second-order valence-electron chi connectivity index (χ2n) is 7.54. The minimum Gasteiger partial charge on any atom is -0.345 e. The molecule has 0 unspecified atom stereocenters. The van der Waals surface area contributed by atoms with E-state index in [-0.39, 0.29) is 16.8 Å². The molecular weight excluding hydrogens is 402 g/mol. The highest BCUT2D eigenvalue weighted by molar-refractivity contribution is 7.89. The maximum absolute atomic E-state index is 12.8. The Balaban J connectivity index is 1.48. The number of nitrogens with zero attached hydrogens (tertiary/aromatic N) is 4. The van der Waals surface area contributed by atoms with Crippen LogP contribution in [0.25, 0.3) is 5.69 Å². The molecule has 1 aliphatic rings. The van der Waals surface area contributed by atoms with Crippen molar-refractivity contribution in [2.75, 3.05) is 13.1 Å². The van der Waals surface area contributed by atoms with Gasteiger partial charge in [-0.1, -0.05) is 12.1 Å². The molecule has 3 aromatic rings. The van der Waals surface area contributed by atoms with E-state index in [4.69, 9.17) is 0 Å². The number of carbonyl (C=O) groups excluding carboxylic acids is 1. The van der Waals surface area contributed by atoms with Gasteiger partial charge in [-0.25, -0.2) is 13.4 Å². The van der Waals surface area contributed by atoms with Gasteiger partial charge in [0, 0.05) is 44.4 Å². The summed E-state index contributed by atoms with van der Waals surface area (Å²) in [4.78, 5) is 17.0. The number of hydrogen-bond acceptors (Lipinski definition) is 4. The van der Waals surface area contributed by atoms with Crippen LogP contribution in [0.2, 0.25) is 0 Å². The summed E-state index contributed by atoms with van der Waals surface area (Å²) >= 11 is 0. The van der Waals surface area contributed by atoms with Crippen molar-refractivity contribution in [3.8, 4) is 5.69 Å². The lowest BCUT2D eigenvalue weighted by Gasteiger charge is -2.15. The van der Waals surface area contributed by atoms with Gasteiger partial charge in [-0.2, -0.15) is 4.31 Å². The summed E-state index contributed by atoms with van der Waals surface area (Å²) in [7, 11) is -1.87. The van der Waals surface area contributed by atoms with Crippen molar-refractivity contribution < 1.29 is 13.2 Å². The van der Waals surface area contributed by atoms with Crippen LogP contribution >= 0.6 is 0 Å². The van der Waals surface area contributed by atoms with Crippen LogP contribution in [-0.4, -0.2) is 45.8 Å². The lowest BCUT2D eigenvalue weighted by Crippen LogP contribution is -2.28. The zero-order valence-electron chi connectivity index (χ0n) is 17.0. The fourth-order valence-electron chi connectivity index (χ4n) is 3.68. The number of benzene rings is 1. The Hall–Kier alpha value is -2.91. The fraction of sp³-hybridized carbons (Fsp3) is 0.333. The zero-order chi connectivity index (χ0) is 21.3. The number of rotatable bonds is 6. The van der Waals surface area contributed by atoms with E-state index in [0.29, 0.717) is 18.8 Å². The zero-order valence-corrected chi connectivity index (χ0v) is 17.8. The van der Waals surface area contributed by atoms with Gasteiger partial charge in [0.05, 0.1) is 12.4 Å². The molecule has 1 aliphatic heterocycles. The van der Waals surface area contributed by atoms with E-state index in [0.717, 1.165) is 24.1 Å². The summed E-state index contributed by atoms with van der Waals surface area (Å²) in [5, 5.41) is 2.95. The van der Waals surface area contributed by atoms with E-state index in [1.807, 2.05) is 42.0 Å². The topological polar surface area (TPSA) is 89.2 Å². The van der Waals surface area contributed by atoms with Crippen molar-refractivity contribution in [2.24, 2.45) is 7.05 Å². The van der Waals surface area contributed by atoms with Gasteiger partial charge in [0.2, 0.25) is 10.0 Å². The van der Waals surface area contributed by atoms with Gasteiger partial charge in [-0.15, -0.1) is 0 Å². The quantitative estimate of drug-likeness (QED) is 0.655. The third kappa shape index (κ3) is 3.90. The third-order valence-electron chi connectivity index (χ3n) is 5.46. The number of aromatic nitrogens is 3. The Labute approximate surface area is 176 Å². The first-order valence-corrected chi connectivity index (χ1v) is 11.4. The van der Waals surface area contributed by atoms with Gasteiger partial charge in [-0.3, -0.25) is 4.79 Å². The van der Waals surface area contributed by atoms with E-state index in [2.05, 4.69) is 10.3 Å². The second-order valence-corrected chi connectivity index (χ2v) is 9.48. The van der Waals surface area contributed by atoms with E-state index in [1.165, 1.54) is 16.6 Å². The first kappa shape index (κ1) is 20.4. The van der Waals surface area contributed by atoms with Gasteiger partial charge < -0.3 is 14.5 Å². The number of aryl methyl sites for hydroxylation is 1. The molecule has 1 N–H and O–H groups in total. The van der Waals surface area contributed by atoms with E-state index < -0.39 is 10.0 Å². The smallest absolute Gasteiger partial charge is 0.268 e. The van der Waals surface area contributed by atoms with Gasteiger partial charge >= 0.3 is 0 Å². The lowest BCUT2D eigenvalue weighted by molar-refractivity contribution is 0.0931. The highest BCUT2D eigenvalue weighted by Crippen LogP contribution is 2.23. The molecule has 1 saturated heterocycles. The fourth-order valence-corrected chi connectivity index (χ4v) is 5.27. The SMILES string of the molecule is C[C@H](NC(=O)c1cc(S(=O)(=O)N2CCCC2)cn1C)c1ccc(-n2ccnc2)cc1. The predicted molar refractivity (Wildman–Crippen MR) is 113 cm³/mol. The molecular formula is C21H25N5O3S. The number of nitrogens with one attached hydrogen (secondary N) is 1. The van der Waals surface area contributed by atoms with Crippen molar-refractivity contribution >= 4 is 15.9 Å². The summed E-state index contributed by atoms with van der Waals surface area (Å²) in [6, 6.07) is 9.05. The number of carbonyl (C=O) groups is 1. The molecule has 0 bridgehead atoms. The molecule has 3 heterocycles. The van der Waals surface area contributed by atoms with Crippen LogP contribution in [0.5, 0.6) is 0 Å². The Bertz CT molecular complexity index is 1130. The number of hydrogen-bond donors (Lipinski definition) is 1. The maximum atomic E-state index is 12.8. The molecule has 2 aromatic heterocycles. The van der Waals surface area contributed by atoms with Gasteiger partial charge in [0.15, 0.2) is 0 Å². The molecule has 0 spiro atoms. The van der Waals surface area contributed by atoms with Crippen LogP contribution in [0.1, 0.15) is 41.9 Å². The highest BCUT2D eigenvalue weighted by Gasteiger charge is 2.29. The highest BCUT2D eigenvalue weighted by atomic mass is 32.2. The summed E-state index contributed by atoms with van der Waals surface area (Å²) in [6.45, 7) is 2.96. The second kappa shape index (κ2) is 8.08. The van der Waals surface area contributed by atoms with Gasteiger partial charge in [-0.05, 0) is 43.5 Å². The van der Waals surface area contributed by atoms with Crippen molar-refractivity contribution in [3.63, 3.8) is 0 Å². The first-order chi connectivity index (χ1) is 14.4. The van der Waals surface area contributed by atoms with Crippen LogP contribution in [-0.2, 0) is 17.1 Å². The number of imidazole rings is 1. The molecule has 8 nitrogen and oxygen atoms in total. The normalized spacial score (nSPS) is 15.9. The molecule has 0 aliphatic carbocycles. The summed E-state index contributed by atoms with van der Waals surface area (Å²) in [5.74, 6) is -0.313. The minimum atomic E-state index is -3.56. The molecule has 9 heteroatoms. The number of amides is 1. The molecule has 158 valence electrons. The molecule has 1 amide bonds. The molecule has 1 atom stereocenters. The summed E-state index contributed by atoms with van der Waals surface area (Å²) in [6.07, 6.45) is 8.56. The van der Waals surface area contributed by atoms with Crippen LogP contribution < -0.4 is 5.32 Å². The predicted octanol–water partition coefficient (Wildman–Crippen LogP) is 2.49. The molecule has 0 saturated carbocycles. The van der Waals surface area contributed by atoms with Crippen LogP contribution in [0.3, 0.4) is 0 Å².